The van der Waals surface area contributed by atoms with Gasteiger partial charge in [0.25, 0.3) is 5.56 Å². The van der Waals surface area contributed by atoms with Crippen molar-refractivity contribution in [1.82, 2.24) is 9.97 Å². The van der Waals surface area contributed by atoms with Crippen LogP contribution in [0.5, 0.6) is 0 Å². The summed E-state index contributed by atoms with van der Waals surface area (Å²) in [7, 11) is 1.24. The van der Waals surface area contributed by atoms with E-state index in [1.807, 2.05) is 0 Å². The topological polar surface area (TPSA) is 72.0 Å². The van der Waals surface area contributed by atoms with Gasteiger partial charge in [0.2, 0.25) is 0 Å². The molecule has 0 saturated heterocycles. The van der Waals surface area contributed by atoms with E-state index in [0.29, 0.717) is 11.2 Å². The molecule has 82 valence electrons. The number of fused-ring (bicyclic) bond motifs is 1. The molecule has 0 aliphatic rings. The van der Waals surface area contributed by atoms with Crippen LogP contribution in [0.25, 0.3) is 11.0 Å². The van der Waals surface area contributed by atoms with E-state index in [9.17, 15) is 9.59 Å². The van der Waals surface area contributed by atoms with Gasteiger partial charge in [-0.2, -0.15) is 0 Å². The average Bonchev–Trinajstić information content (AvgIpc) is 2.28. The number of H-pyrrole nitrogens is 1. The fraction of sp³-hybridized carbons (Fsp3) is 0.182. The van der Waals surface area contributed by atoms with Crippen molar-refractivity contribution < 1.29 is 9.53 Å². The Hall–Kier alpha value is -2.17. The van der Waals surface area contributed by atoms with E-state index in [-0.39, 0.29) is 5.56 Å². The average molecular weight is 218 g/mol. The van der Waals surface area contributed by atoms with Gasteiger partial charge in [-0.05, 0) is 24.6 Å². The van der Waals surface area contributed by atoms with Crippen LogP contribution in [0.1, 0.15) is 15.9 Å². The molecule has 2 rings (SSSR count). The third-order valence-corrected chi connectivity index (χ3v) is 2.44. The van der Waals surface area contributed by atoms with E-state index in [4.69, 9.17) is 0 Å². The molecule has 2 aromatic heterocycles. The number of aryl methyl sites for hydroxylation is 1. The van der Waals surface area contributed by atoms with E-state index < -0.39 is 11.5 Å². The summed E-state index contributed by atoms with van der Waals surface area (Å²) in [5, 5.41) is 0.738. The van der Waals surface area contributed by atoms with E-state index in [1.165, 1.54) is 7.11 Å². The van der Waals surface area contributed by atoms with Gasteiger partial charge in [0.05, 0.1) is 7.11 Å². The highest BCUT2D eigenvalue weighted by Gasteiger charge is 2.16. The van der Waals surface area contributed by atoms with Crippen molar-refractivity contribution in [2.45, 2.75) is 6.92 Å². The lowest BCUT2D eigenvalue weighted by Crippen LogP contribution is -2.21. The predicted molar refractivity (Wildman–Crippen MR) is 58.4 cm³/mol. The van der Waals surface area contributed by atoms with Gasteiger partial charge >= 0.3 is 5.97 Å². The number of aromatic nitrogens is 2. The van der Waals surface area contributed by atoms with Gasteiger partial charge in [-0.15, -0.1) is 0 Å². The molecule has 0 spiro atoms. The minimum Gasteiger partial charge on any atom is -0.465 e. The number of methoxy groups -OCH3 is 1. The van der Waals surface area contributed by atoms with Crippen molar-refractivity contribution in [3.63, 3.8) is 0 Å². The largest absolute Gasteiger partial charge is 0.465 e. The Bertz CT molecular complexity index is 616. The second kappa shape index (κ2) is 3.77. The summed E-state index contributed by atoms with van der Waals surface area (Å²) in [5.41, 5.74) is 0.606. The summed E-state index contributed by atoms with van der Waals surface area (Å²) in [6.07, 6.45) is 1.58. The summed E-state index contributed by atoms with van der Waals surface area (Å²) in [6.45, 7) is 1.70. The summed E-state index contributed by atoms with van der Waals surface area (Å²) in [6, 6.07) is 3.54. The molecule has 0 atom stereocenters. The van der Waals surface area contributed by atoms with Crippen LogP contribution in [0.3, 0.4) is 0 Å². The number of rotatable bonds is 1. The number of hydrogen-bond acceptors (Lipinski definition) is 4. The lowest BCUT2D eigenvalue weighted by molar-refractivity contribution is 0.0598. The maximum atomic E-state index is 11.7. The zero-order valence-corrected chi connectivity index (χ0v) is 8.90. The fourth-order valence-corrected chi connectivity index (χ4v) is 1.63. The highest BCUT2D eigenvalue weighted by Crippen LogP contribution is 2.15. The molecule has 0 aromatic carbocycles. The summed E-state index contributed by atoms with van der Waals surface area (Å²) in [5.74, 6) is -0.635. The number of esters is 1. The number of carbonyl (C=O) groups excluding carboxylic acids is 1. The van der Waals surface area contributed by atoms with Crippen LogP contribution in [0, 0.1) is 6.92 Å². The van der Waals surface area contributed by atoms with Crippen molar-refractivity contribution in [3.8, 4) is 0 Å². The monoisotopic (exact) mass is 218 g/mol. The SMILES string of the molecule is COC(=O)c1c(C)c2cccnc2[nH]c1=O. The van der Waals surface area contributed by atoms with E-state index >= 15 is 0 Å². The van der Waals surface area contributed by atoms with Gasteiger partial charge in [0, 0.05) is 11.6 Å². The lowest BCUT2D eigenvalue weighted by atomic mass is 10.1. The van der Waals surface area contributed by atoms with Gasteiger partial charge in [0.15, 0.2) is 0 Å². The quantitative estimate of drug-likeness (QED) is 0.725. The van der Waals surface area contributed by atoms with Crippen molar-refractivity contribution in [3.05, 3.63) is 39.8 Å². The first-order chi connectivity index (χ1) is 7.65. The Labute approximate surface area is 91.1 Å². The number of nitrogens with one attached hydrogen (secondary N) is 1. The number of nitrogens with zero attached hydrogens (tertiary/aromatic N) is 1. The van der Waals surface area contributed by atoms with E-state index in [2.05, 4.69) is 14.7 Å². The Balaban J connectivity index is 2.86. The normalized spacial score (nSPS) is 10.4. The third kappa shape index (κ3) is 1.46. The van der Waals surface area contributed by atoms with Crippen LogP contribution in [0.15, 0.2) is 23.1 Å². The smallest absolute Gasteiger partial charge is 0.343 e. The molecular formula is C11H10N2O3. The van der Waals surface area contributed by atoms with Crippen molar-refractivity contribution in [1.29, 1.82) is 0 Å². The first kappa shape index (κ1) is 10.4. The molecule has 0 fully saturated rings. The Morgan fingerprint density at radius 1 is 1.50 bits per heavy atom. The van der Waals surface area contributed by atoms with Crippen LogP contribution >= 0.6 is 0 Å². The molecular weight excluding hydrogens is 208 g/mol. The standard InChI is InChI=1S/C11H10N2O3/c1-6-7-4-3-5-12-9(7)13-10(14)8(6)11(15)16-2/h3-5H,1-2H3,(H,12,13,14). The molecule has 1 N–H and O–H groups in total. The van der Waals surface area contributed by atoms with Crippen LogP contribution in [-0.2, 0) is 4.74 Å². The minimum absolute atomic E-state index is 0.0306. The number of pyridine rings is 2. The number of carbonyl (C=O) groups is 1. The predicted octanol–water partition coefficient (Wildman–Crippen LogP) is 1.02. The Morgan fingerprint density at radius 2 is 2.25 bits per heavy atom. The number of hydrogen-bond donors (Lipinski definition) is 1. The molecule has 2 heterocycles. The summed E-state index contributed by atoms with van der Waals surface area (Å²) >= 11 is 0. The van der Waals surface area contributed by atoms with E-state index in [0.717, 1.165) is 5.39 Å². The Kier molecular flexibility index (Phi) is 2.44. The number of ether oxygens (including phenoxy) is 1. The molecule has 2 aromatic rings. The highest BCUT2D eigenvalue weighted by atomic mass is 16.5. The molecule has 0 amide bonds. The molecule has 0 aliphatic carbocycles. The summed E-state index contributed by atoms with van der Waals surface area (Å²) in [4.78, 5) is 29.7. The first-order valence-corrected chi connectivity index (χ1v) is 4.71. The van der Waals surface area contributed by atoms with Crippen molar-refractivity contribution >= 4 is 17.0 Å². The maximum absolute atomic E-state index is 11.7. The maximum Gasteiger partial charge on any atom is 0.343 e. The van der Waals surface area contributed by atoms with Crippen LogP contribution < -0.4 is 5.56 Å². The van der Waals surface area contributed by atoms with Gasteiger partial charge in [-0.25, -0.2) is 9.78 Å². The molecule has 5 heteroatoms. The molecule has 0 bridgehead atoms. The minimum atomic E-state index is -0.635. The zero-order valence-electron chi connectivity index (χ0n) is 8.90. The van der Waals surface area contributed by atoms with Crippen molar-refractivity contribution in [2.75, 3.05) is 7.11 Å². The molecule has 16 heavy (non-hydrogen) atoms. The molecule has 5 nitrogen and oxygen atoms in total. The lowest BCUT2D eigenvalue weighted by Gasteiger charge is -2.05. The van der Waals surface area contributed by atoms with Crippen molar-refractivity contribution in [2.24, 2.45) is 0 Å². The van der Waals surface area contributed by atoms with Crippen LogP contribution in [0.4, 0.5) is 0 Å². The van der Waals surface area contributed by atoms with Gasteiger partial charge in [-0.1, -0.05) is 0 Å². The first-order valence-electron chi connectivity index (χ1n) is 4.71. The third-order valence-electron chi connectivity index (χ3n) is 2.44. The molecule has 0 saturated carbocycles. The van der Waals surface area contributed by atoms with Gasteiger partial charge in [0.1, 0.15) is 11.2 Å². The zero-order chi connectivity index (χ0) is 11.7. The van der Waals surface area contributed by atoms with Crippen LogP contribution in [-0.4, -0.2) is 23.0 Å². The Morgan fingerprint density at radius 3 is 2.94 bits per heavy atom. The van der Waals surface area contributed by atoms with Gasteiger partial charge in [-0.3, -0.25) is 4.79 Å². The van der Waals surface area contributed by atoms with Crippen LogP contribution in [0.2, 0.25) is 0 Å². The second-order valence-corrected chi connectivity index (χ2v) is 3.35. The van der Waals surface area contributed by atoms with Gasteiger partial charge < -0.3 is 9.72 Å². The molecule has 0 aliphatic heterocycles. The molecule has 0 unspecified atom stereocenters. The summed E-state index contributed by atoms with van der Waals surface area (Å²) < 4.78 is 4.57. The fourth-order valence-electron chi connectivity index (χ4n) is 1.63. The van der Waals surface area contributed by atoms with E-state index in [1.54, 1.807) is 25.3 Å². The molecule has 0 radical (unpaired) electrons. The second-order valence-electron chi connectivity index (χ2n) is 3.35. The number of aromatic amines is 1. The highest BCUT2D eigenvalue weighted by molar-refractivity contribution is 5.95.